The zero-order valence-corrected chi connectivity index (χ0v) is 23.4. The maximum atomic E-state index is 13.0. The van der Waals surface area contributed by atoms with E-state index in [0.29, 0.717) is 51.2 Å². The SMILES string of the molecule is COC(=O)c1ccc2[nH]c(O)c(C(=Nc3ccc(N(C)C(=O)CN4CCN(C)CC4)cc3)c3cccc(N)c3)c2c1. The molecular weight excluding hydrogens is 520 g/mol. The molecular formula is C31H34N6O4. The average molecular weight is 555 g/mol. The van der Waals surface area contributed by atoms with Crippen LogP contribution in [0.5, 0.6) is 5.88 Å². The predicted octanol–water partition coefficient (Wildman–Crippen LogP) is 3.62. The highest BCUT2D eigenvalue weighted by molar-refractivity contribution is 6.22. The number of nitrogens with one attached hydrogen (secondary N) is 1. The number of aromatic amines is 1. The van der Waals surface area contributed by atoms with Crippen molar-refractivity contribution in [2.45, 2.75) is 0 Å². The Morgan fingerprint density at radius 1 is 1.02 bits per heavy atom. The first kappa shape index (κ1) is 27.9. The van der Waals surface area contributed by atoms with Crippen LogP contribution in [-0.2, 0) is 9.53 Å². The van der Waals surface area contributed by atoms with Gasteiger partial charge in [-0.2, -0.15) is 0 Å². The van der Waals surface area contributed by atoms with Crippen LogP contribution in [0.15, 0.2) is 71.7 Å². The van der Waals surface area contributed by atoms with Crippen molar-refractivity contribution in [3.63, 3.8) is 0 Å². The second-order valence-electron chi connectivity index (χ2n) is 10.2. The number of carbonyl (C=O) groups is 2. The molecule has 0 radical (unpaired) electrons. The van der Waals surface area contributed by atoms with Crippen LogP contribution in [0.1, 0.15) is 21.5 Å². The van der Waals surface area contributed by atoms with Crippen molar-refractivity contribution in [3.8, 4) is 5.88 Å². The summed E-state index contributed by atoms with van der Waals surface area (Å²) in [6.07, 6.45) is 0. The number of ether oxygens (including phenoxy) is 1. The number of nitrogen functional groups attached to an aromatic ring is 1. The highest BCUT2D eigenvalue weighted by atomic mass is 16.5. The number of amides is 1. The van der Waals surface area contributed by atoms with Crippen molar-refractivity contribution in [1.82, 2.24) is 14.8 Å². The predicted molar refractivity (Wildman–Crippen MR) is 161 cm³/mol. The third-order valence-corrected chi connectivity index (χ3v) is 7.40. The van der Waals surface area contributed by atoms with Gasteiger partial charge in [0, 0.05) is 61.1 Å². The van der Waals surface area contributed by atoms with Crippen LogP contribution in [0.2, 0.25) is 0 Å². The van der Waals surface area contributed by atoms with E-state index in [0.717, 1.165) is 31.9 Å². The number of aromatic nitrogens is 1. The van der Waals surface area contributed by atoms with Crippen molar-refractivity contribution < 1.29 is 19.4 Å². The van der Waals surface area contributed by atoms with Crippen LogP contribution in [0, 0.1) is 0 Å². The van der Waals surface area contributed by atoms with Crippen LogP contribution in [-0.4, -0.2) is 91.4 Å². The third-order valence-electron chi connectivity index (χ3n) is 7.40. The van der Waals surface area contributed by atoms with E-state index in [1.165, 1.54) is 7.11 Å². The van der Waals surface area contributed by atoms with Gasteiger partial charge in [-0.25, -0.2) is 9.79 Å². The van der Waals surface area contributed by atoms with Crippen LogP contribution in [0.4, 0.5) is 17.1 Å². The minimum absolute atomic E-state index is 0.0244. The average Bonchev–Trinajstić information content (AvgIpc) is 3.31. The Kier molecular flexibility index (Phi) is 8.04. The highest BCUT2D eigenvalue weighted by Gasteiger charge is 2.22. The van der Waals surface area contributed by atoms with Crippen molar-refractivity contribution >= 4 is 45.6 Å². The Labute approximate surface area is 238 Å². The van der Waals surface area contributed by atoms with E-state index in [2.05, 4.69) is 21.8 Å². The number of nitrogens with zero attached hydrogens (tertiary/aromatic N) is 4. The van der Waals surface area contributed by atoms with Crippen LogP contribution >= 0.6 is 0 Å². The van der Waals surface area contributed by atoms with Gasteiger partial charge in [-0.15, -0.1) is 0 Å². The fraction of sp³-hybridized carbons (Fsp3) is 0.258. The van der Waals surface area contributed by atoms with Crippen LogP contribution in [0.25, 0.3) is 10.9 Å². The fourth-order valence-corrected chi connectivity index (χ4v) is 4.94. The molecule has 4 aromatic rings. The van der Waals surface area contributed by atoms with E-state index in [1.807, 2.05) is 36.4 Å². The number of rotatable bonds is 7. The first-order valence-corrected chi connectivity index (χ1v) is 13.4. The van der Waals surface area contributed by atoms with Gasteiger partial charge >= 0.3 is 5.97 Å². The van der Waals surface area contributed by atoms with E-state index in [9.17, 15) is 14.7 Å². The molecule has 0 unspecified atom stereocenters. The summed E-state index contributed by atoms with van der Waals surface area (Å²) in [6.45, 7) is 4.03. The van der Waals surface area contributed by atoms with Gasteiger partial charge < -0.3 is 30.4 Å². The van der Waals surface area contributed by atoms with Gasteiger partial charge in [0.25, 0.3) is 0 Å². The van der Waals surface area contributed by atoms with Crippen molar-refractivity contribution in [3.05, 3.63) is 83.4 Å². The van der Waals surface area contributed by atoms with E-state index in [1.54, 1.807) is 42.3 Å². The van der Waals surface area contributed by atoms with E-state index < -0.39 is 5.97 Å². The van der Waals surface area contributed by atoms with Crippen molar-refractivity contribution in [2.75, 3.05) is 64.6 Å². The summed E-state index contributed by atoms with van der Waals surface area (Å²) in [6, 6.07) is 19.6. The number of anilines is 2. The maximum Gasteiger partial charge on any atom is 0.337 e. The van der Waals surface area contributed by atoms with Crippen molar-refractivity contribution in [1.29, 1.82) is 0 Å². The molecule has 0 saturated carbocycles. The second-order valence-corrected chi connectivity index (χ2v) is 10.2. The molecule has 10 nitrogen and oxygen atoms in total. The molecule has 10 heteroatoms. The van der Waals surface area contributed by atoms with Gasteiger partial charge in [0.15, 0.2) is 5.88 Å². The lowest BCUT2D eigenvalue weighted by Crippen LogP contribution is -2.48. The molecule has 3 aromatic carbocycles. The number of esters is 1. The van der Waals surface area contributed by atoms with Crippen LogP contribution in [0.3, 0.4) is 0 Å². The Bertz CT molecular complexity index is 1600. The lowest BCUT2D eigenvalue weighted by molar-refractivity contribution is -0.119. The molecule has 0 aliphatic carbocycles. The molecule has 1 amide bonds. The molecule has 2 heterocycles. The largest absolute Gasteiger partial charge is 0.494 e. The number of piperazine rings is 1. The quantitative estimate of drug-likeness (QED) is 0.181. The lowest BCUT2D eigenvalue weighted by atomic mass is 9.99. The standard InChI is InChI=1S/C31H34N6O4/c1-35-13-15-37(16-14-35)19-27(38)36(2)24-10-8-23(9-11-24)33-29(20-5-4-6-22(32)17-20)28-25-18-21(31(40)41-3)7-12-26(25)34-30(28)39/h4-12,17-18,34,39H,13-16,19,32H2,1-3H3. The summed E-state index contributed by atoms with van der Waals surface area (Å²) in [4.78, 5) is 39.2. The fourth-order valence-electron chi connectivity index (χ4n) is 4.94. The summed E-state index contributed by atoms with van der Waals surface area (Å²) >= 11 is 0. The molecule has 1 fully saturated rings. The molecule has 1 saturated heterocycles. The molecule has 0 spiro atoms. The minimum Gasteiger partial charge on any atom is -0.494 e. The molecule has 1 aromatic heterocycles. The van der Waals surface area contributed by atoms with Crippen LogP contribution < -0.4 is 10.6 Å². The van der Waals surface area contributed by atoms with Gasteiger partial charge in [0.2, 0.25) is 5.91 Å². The topological polar surface area (TPSA) is 127 Å². The first-order chi connectivity index (χ1) is 19.7. The van der Waals surface area contributed by atoms with Gasteiger partial charge in [0.05, 0.1) is 36.2 Å². The van der Waals surface area contributed by atoms with E-state index >= 15 is 0 Å². The van der Waals surface area contributed by atoms with Gasteiger partial charge in [0.1, 0.15) is 0 Å². The number of H-pyrrole nitrogens is 1. The summed E-state index contributed by atoms with van der Waals surface area (Å²) in [5.41, 5.74) is 10.6. The van der Waals surface area contributed by atoms with Gasteiger partial charge in [-0.05, 0) is 61.6 Å². The highest BCUT2D eigenvalue weighted by Crippen LogP contribution is 2.33. The summed E-state index contributed by atoms with van der Waals surface area (Å²) in [7, 11) is 5.19. The summed E-state index contributed by atoms with van der Waals surface area (Å²) in [5, 5.41) is 11.6. The second kappa shape index (κ2) is 11.8. The Morgan fingerprint density at radius 3 is 2.44 bits per heavy atom. The number of carbonyl (C=O) groups excluding carboxylic acids is 2. The Morgan fingerprint density at radius 2 is 1.76 bits per heavy atom. The van der Waals surface area contributed by atoms with E-state index in [4.69, 9.17) is 15.5 Å². The third kappa shape index (κ3) is 6.08. The molecule has 0 atom stereocenters. The first-order valence-electron chi connectivity index (χ1n) is 13.4. The molecule has 41 heavy (non-hydrogen) atoms. The van der Waals surface area contributed by atoms with Gasteiger partial charge in [-0.3, -0.25) is 9.69 Å². The number of methoxy groups -OCH3 is 1. The molecule has 4 N–H and O–H groups in total. The molecule has 1 aliphatic heterocycles. The number of aliphatic imine (C=N–C) groups is 1. The number of aromatic hydroxyl groups is 1. The Balaban J connectivity index is 1.49. The smallest absolute Gasteiger partial charge is 0.337 e. The number of fused-ring (bicyclic) bond motifs is 1. The monoisotopic (exact) mass is 554 g/mol. The zero-order chi connectivity index (χ0) is 29.1. The number of nitrogens with two attached hydrogens (primary N) is 1. The van der Waals surface area contributed by atoms with Crippen molar-refractivity contribution in [2.24, 2.45) is 4.99 Å². The molecule has 0 bridgehead atoms. The molecule has 5 rings (SSSR count). The maximum absolute atomic E-state index is 13.0. The number of benzene rings is 3. The number of hydrogen-bond acceptors (Lipinski definition) is 8. The molecule has 1 aliphatic rings. The molecule has 212 valence electrons. The normalized spacial score (nSPS) is 14.8. The van der Waals surface area contributed by atoms with Gasteiger partial charge in [-0.1, -0.05) is 12.1 Å². The Hall–Kier alpha value is -4.67. The summed E-state index contributed by atoms with van der Waals surface area (Å²) in [5.74, 6) is -0.548. The van der Waals surface area contributed by atoms with E-state index in [-0.39, 0.29) is 11.8 Å². The minimum atomic E-state index is -0.483. The zero-order valence-electron chi connectivity index (χ0n) is 23.4. The number of likely N-dealkylation sites (N-methyl/N-ethyl adjacent to an activating group) is 2. The summed E-state index contributed by atoms with van der Waals surface area (Å²) < 4.78 is 4.89. The lowest BCUT2D eigenvalue weighted by Gasteiger charge is -2.32. The number of hydrogen-bond donors (Lipinski definition) is 3.